The van der Waals surface area contributed by atoms with E-state index in [0.717, 1.165) is 32.0 Å². The lowest BCUT2D eigenvalue weighted by atomic mass is 10.1. The van der Waals surface area contributed by atoms with Crippen LogP contribution in [0.5, 0.6) is 0 Å². The van der Waals surface area contributed by atoms with Crippen LogP contribution in [0.3, 0.4) is 0 Å². The van der Waals surface area contributed by atoms with Crippen molar-refractivity contribution in [1.29, 1.82) is 0 Å². The largest absolute Gasteiger partial charge is 0.388 e. The molecule has 0 saturated carbocycles. The number of hydrogen-bond donors (Lipinski definition) is 1. The van der Waals surface area contributed by atoms with Gasteiger partial charge >= 0.3 is 0 Å². The summed E-state index contributed by atoms with van der Waals surface area (Å²) in [7, 11) is 3.66. The second-order valence-electron chi connectivity index (χ2n) is 4.13. The summed E-state index contributed by atoms with van der Waals surface area (Å²) in [5.74, 6) is 0. The lowest BCUT2D eigenvalue weighted by Crippen LogP contribution is -2.36. The van der Waals surface area contributed by atoms with Crippen LogP contribution in [-0.2, 0) is 16.1 Å². The highest BCUT2D eigenvalue weighted by atomic mass is 16.5. The number of rotatable bonds is 4. The van der Waals surface area contributed by atoms with Gasteiger partial charge in [0.15, 0.2) is 0 Å². The fourth-order valence-corrected chi connectivity index (χ4v) is 2.12. The minimum absolute atomic E-state index is 0.641. The van der Waals surface area contributed by atoms with Crippen LogP contribution in [0.1, 0.15) is 5.56 Å². The number of nitrogens with one attached hydrogen (secondary N) is 1. The zero-order valence-electron chi connectivity index (χ0n) is 10.5. The Labute approximate surface area is 103 Å². The van der Waals surface area contributed by atoms with E-state index in [9.17, 15) is 0 Å². The van der Waals surface area contributed by atoms with E-state index in [4.69, 9.17) is 9.47 Å². The van der Waals surface area contributed by atoms with Gasteiger partial charge in [-0.25, -0.2) is 0 Å². The maximum atomic E-state index is 5.38. The molecule has 0 atom stereocenters. The summed E-state index contributed by atoms with van der Waals surface area (Å²) in [6.45, 7) is 4.16. The van der Waals surface area contributed by atoms with Crippen LogP contribution in [0.4, 0.5) is 11.4 Å². The lowest BCUT2D eigenvalue weighted by Gasteiger charge is -2.30. The molecular formula is C13H20N2O2. The Balaban J connectivity index is 2.24. The summed E-state index contributed by atoms with van der Waals surface area (Å²) in [6.07, 6.45) is 0. The van der Waals surface area contributed by atoms with E-state index < -0.39 is 0 Å². The molecule has 0 aromatic heterocycles. The van der Waals surface area contributed by atoms with Crippen LogP contribution in [-0.4, -0.2) is 40.5 Å². The van der Waals surface area contributed by atoms with Gasteiger partial charge in [-0.3, -0.25) is 0 Å². The molecule has 0 bridgehead atoms. The summed E-state index contributed by atoms with van der Waals surface area (Å²) in [4.78, 5) is 2.36. The summed E-state index contributed by atoms with van der Waals surface area (Å²) < 4.78 is 10.7. The number of benzene rings is 1. The molecule has 0 aliphatic carbocycles. The molecule has 1 fully saturated rings. The molecule has 1 N–H and O–H groups in total. The van der Waals surface area contributed by atoms with Crippen LogP contribution in [0.2, 0.25) is 0 Å². The van der Waals surface area contributed by atoms with Gasteiger partial charge in [-0.05, 0) is 18.2 Å². The van der Waals surface area contributed by atoms with Crippen molar-refractivity contribution in [3.05, 3.63) is 23.8 Å². The third kappa shape index (κ3) is 2.90. The van der Waals surface area contributed by atoms with Gasteiger partial charge in [0.2, 0.25) is 0 Å². The topological polar surface area (TPSA) is 33.7 Å². The van der Waals surface area contributed by atoms with Gasteiger partial charge in [-0.2, -0.15) is 0 Å². The highest BCUT2D eigenvalue weighted by molar-refractivity contribution is 5.61. The average molecular weight is 236 g/mol. The first-order chi connectivity index (χ1) is 8.35. The number of anilines is 2. The van der Waals surface area contributed by atoms with E-state index in [1.807, 2.05) is 7.05 Å². The molecular weight excluding hydrogens is 216 g/mol. The van der Waals surface area contributed by atoms with Gasteiger partial charge in [-0.15, -0.1) is 0 Å². The summed E-state index contributed by atoms with van der Waals surface area (Å²) >= 11 is 0. The number of hydrogen-bond acceptors (Lipinski definition) is 4. The standard InChI is InChI=1S/C13H20N2O2/c1-14-12-3-4-13(11(9-12)10-16-2)15-5-7-17-8-6-15/h3-4,9,14H,5-8,10H2,1-2H3. The number of morpholine rings is 1. The van der Waals surface area contributed by atoms with Gasteiger partial charge in [0.1, 0.15) is 0 Å². The van der Waals surface area contributed by atoms with Crippen LogP contribution >= 0.6 is 0 Å². The smallest absolute Gasteiger partial charge is 0.0734 e. The second-order valence-corrected chi connectivity index (χ2v) is 4.13. The average Bonchev–Trinajstić information content (AvgIpc) is 2.40. The molecule has 17 heavy (non-hydrogen) atoms. The van der Waals surface area contributed by atoms with Gasteiger partial charge in [0.25, 0.3) is 0 Å². The summed E-state index contributed by atoms with van der Waals surface area (Å²) in [5, 5.41) is 3.16. The second kappa shape index (κ2) is 5.89. The first kappa shape index (κ1) is 12.2. The van der Waals surface area contributed by atoms with Gasteiger partial charge in [0.05, 0.1) is 19.8 Å². The molecule has 4 heteroatoms. The third-order valence-electron chi connectivity index (χ3n) is 3.02. The first-order valence-corrected chi connectivity index (χ1v) is 5.97. The van der Waals surface area contributed by atoms with E-state index in [0.29, 0.717) is 6.61 Å². The summed E-state index contributed by atoms with van der Waals surface area (Å²) in [6, 6.07) is 6.41. The van der Waals surface area contributed by atoms with Gasteiger partial charge < -0.3 is 19.7 Å². The molecule has 0 spiro atoms. The molecule has 94 valence electrons. The van der Waals surface area contributed by atoms with Gasteiger partial charge in [0, 0.05) is 44.2 Å². The Hall–Kier alpha value is -1.26. The van der Waals surface area contributed by atoms with Crippen molar-refractivity contribution in [1.82, 2.24) is 0 Å². The van der Waals surface area contributed by atoms with E-state index in [1.54, 1.807) is 7.11 Å². The zero-order valence-corrected chi connectivity index (χ0v) is 10.5. The van der Waals surface area contributed by atoms with Crippen LogP contribution < -0.4 is 10.2 Å². The van der Waals surface area contributed by atoms with E-state index in [-0.39, 0.29) is 0 Å². The van der Waals surface area contributed by atoms with Crippen molar-refractivity contribution in [3.63, 3.8) is 0 Å². The van der Waals surface area contributed by atoms with Crippen molar-refractivity contribution < 1.29 is 9.47 Å². The molecule has 4 nitrogen and oxygen atoms in total. The molecule has 0 unspecified atom stereocenters. The van der Waals surface area contributed by atoms with Crippen LogP contribution in [0.15, 0.2) is 18.2 Å². The molecule has 1 heterocycles. The van der Waals surface area contributed by atoms with Gasteiger partial charge in [-0.1, -0.05) is 0 Å². The minimum Gasteiger partial charge on any atom is -0.388 e. The fourth-order valence-electron chi connectivity index (χ4n) is 2.12. The highest BCUT2D eigenvalue weighted by Crippen LogP contribution is 2.25. The Morgan fingerprint density at radius 1 is 1.35 bits per heavy atom. The lowest BCUT2D eigenvalue weighted by molar-refractivity contribution is 0.122. The number of methoxy groups -OCH3 is 1. The molecule has 1 aromatic rings. The maximum absolute atomic E-state index is 5.38. The maximum Gasteiger partial charge on any atom is 0.0734 e. The Kier molecular flexibility index (Phi) is 4.23. The minimum atomic E-state index is 0.641. The Bertz CT molecular complexity index is 362. The zero-order chi connectivity index (χ0) is 12.1. The van der Waals surface area contributed by atoms with Crippen molar-refractivity contribution in [2.24, 2.45) is 0 Å². The first-order valence-electron chi connectivity index (χ1n) is 5.97. The van der Waals surface area contributed by atoms with E-state index in [1.165, 1.54) is 11.3 Å². The molecule has 2 rings (SSSR count). The molecule has 1 aliphatic rings. The fraction of sp³-hybridized carbons (Fsp3) is 0.538. The van der Waals surface area contributed by atoms with Crippen LogP contribution in [0, 0.1) is 0 Å². The van der Waals surface area contributed by atoms with E-state index in [2.05, 4.69) is 28.4 Å². The molecule has 1 aromatic carbocycles. The van der Waals surface area contributed by atoms with E-state index >= 15 is 0 Å². The summed E-state index contributed by atoms with van der Waals surface area (Å²) in [5.41, 5.74) is 3.60. The highest BCUT2D eigenvalue weighted by Gasteiger charge is 2.14. The Morgan fingerprint density at radius 2 is 2.12 bits per heavy atom. The van der Waals surface area contributed by atoms with Crippen LogP contribution in [0.25, 0.3) is 0 Å². The van der Waals surface area contributed by atoms with Crippen molar-refractivity contribution in [3.8, 4) is 0 Å². The molecule has 0 radical (unpaired) electrons. The number of nitrogens with zero attached hydrogens (tertiary/aromatic N) is 1. The van der Waals surface area contributed by atoms with Crippen molar-refractivity contribution >= 4 is 11.4 Å². The number of ether oxygens (including phenoxy) is 2. The molecule has 1 saturated heterocycles. The molecule has 0 amide bonds. The SMILES string of the molecule is CNc1ccc(N2CCOCC2)c(COC)c1. The van der Waals surface area contributed by atoms with Crippen molar-refractivity contribution in [2.45, 2.75) is 6.61 Å². The predicted octanol–water partition coefficient (Wildman–Crippen LogP) is 1.71. The third-order valence-corrected chi connectivity index (χ3v) is 3.02. The predicted molar refractivity (Wildman–Crippen MR) is 69.7 cm³/mol. The Morgan fingerprint density at radius 3 is 2.76 bits per heavy atom. The van der Waals surface area contributed by atoms with Crippen molar-refractivity contribution in [2.75, 3.05) is 50.7 Å². The monoisotopic (exact) mass is 236 g/mol. The molecule has 1 aliphatic heterocycles. The normalized spacial score (nSPS) is 16.0. The quantitative estimate of drug-likeness (QED) is 0.863.